The summed E-state index contributed by atoms with van der Waals surface area (Å²) in [5, 5.41) is 19.9. The number of rotatable bonds is 9. The predicted octanol–water partition coefficient (Wildman–Crippen LogP) is 2.07. The number of benzene rings is 3. The second kappa shape index (κ2) is 9.56. The van der Waals surface area contributed by atoms with Crippen molar-refractivity contribution in [2.45, 2.75) is 0 Å². The summed E-state index contributed by atoms with van der Waals surface area (Å²) in [6.45, 7) is 0.305. The molecule has 0 atom stereocenters. The van der Waals surface area contributed by atoms with E-state index in [0.717, 1.165) is 5.30 Å². The lowest BCUT2D eigenvalue weighted by Crippen LogP contribution is -2.25. The first-order valence-electron chi connectivity index (χ1n) is 9.02. The van der Waals surface area contributed by atoms with Crippen LogP contribution >= 0.6 is 7.14 Å². The Hall–Kier alpha value is -2.59. The van der Waals surface area contributed by atoms with Crippen molar-refractivity contribution in [3.8, 4) is 11.5 Å². The van der Waals surface area contributed by atoms with Crippen molar-refractivity contribution in [2.75, 3.05) is 26.4 Å². The molecule has 3 rings (SSSR count). The molecule has 0 unspecified atom stereocenters. The second-order valence-corrected chi connectivity index (χ2v) is 8.84. The average molecular weight is 398 g/mol. The largest absolute Gasteiger partial charge is 0.491 e. The molecular weight excluding hydrogens is 375 g/mol. The molecule has 3 aromatic rings. The SMILES string of the molecule is O=P(c1ccccc1)(c1ccc(OCCO)cc1)c1ccc(OCCO)cc1. The van der Waals surface area contributed by atoms with Crippen molar-refractivity contribution in [1.82, 2.24) is 0 Å². The van der Waals surface area contributed by atoms with Gasteiger partial charge in [-0.3, -0.25) is 0 Å². The van der Waals surface area contributed by atoms with Gasteiger partial charge in [-0.05, 0) is 48.5 Å². The van der Waals surface area contributed by atoms with E-state index in [2.05, 4.69) is 0 Å². The van der Waals surface area contributed by atoms with Gasteiger partial charge in [0.1, 0.15) is 24.7 Å². The lowest BCUT2D eigenvalue weighted by Gasteiger charge is -2.20. The standard InChI is InChI=1S/C22H23O5P/c23-14-16-26-18-6-10-21(11-7-18)28(25,20-4-2-1-3-5-20)22-12-8-19(9-13-22)27-17-15-24/h1-13,23-24H,14-17H2. The first-order valence-corrected chi connectivity index (χ1v) is 10.7. The third kappa shape index (κ3) is 4.45. The zero-order valence-corrected chi connectivity index (χ0v) is 16.3. The Morgan fingerprint density at radius 2 is 1.00 bits per heavy atom. The molecule has 146 valence electrons. The van der Waals surface area contributed by atoms with E-state index in [1.165, 1.54) is 0 Å². The number of hydrogen-bond acceptors (Lipinski definition) is 5. The monoisotopic (exact) mass is 398 g/mol. The summed E-state index contributed by atoms with van der Waals surface area (Å²) in [7, 11) is -3.08. The smallest absolute Gasteiger partial charge is 0.171 e. The average Bonchev–Trinajstić information content (AvgIpc) is 2.77. The van der Waals surface area contributed by atoms with E-state index in [1.807, 2.05) is 30.3 Å². The van der Waals surface area contributed by atoms with E-state index >= 15 is 0 Å². The fraction of sp³-hybridized carbons (Fsp3) is 0.182. The van der Waals surface area contributed by atoms with Gasteiger partial charge in [0.05, 0.1) is 13.2 Å². The quantitative estimate of drug-likeness (QED) is 0.540. The number of ether oxygens (including phenoxy) is 2. The van der Waals surface area contributed by atoms with E-state index < -0.39 is 7.14 Å². The minimum absolute atomic E-state index is 0.0606. The van der Waals surface area contributed by atoms with E-state index in [9.17, 15) is 4.57 Å². The summed E-state index contributed by atoms with van der Waals surface area (Å²) in [5.41, 5.74) is 0. The minimum atomic E-state index is -3.08. The van der Waals surface area contributed by atoms with Gasteiger partial charge < -0.3 is 24.3 Å². The lowest BCUT2D eigenvalue weighted by atomic mass is 10.3. The van der Waals surface area contributed by atoms with Crippen LogP contribution in [-0.2, 0) is 4.57 Å². The highest BCUT2D eigenvalue weighted by molar-refractivity contribution is 7.85. The second-order valence-electron chi connectivity index (χ2n) is 6.08. The molecule has 0 radical (unpaired) electrons. The number of hydrogen-bond donors (Lipinski definition) is 2. The molecule has 0 aromatic heterocycles. The molecule has 0 spiro atoms. The van der Waals surface area contributed by atoms with Crippen LogP contribution in [0.3, 0.4) is 0 Å². The Morgan fingerprint density at radius 3 is 1.39 bits per heavy atom. The molecule has 0 amide bonds. The third-order valence-corrected chi connectivity index (χ3v) is 7.32. The molecule has 28 heavy (non-hydrogen) atoms. The van der Waals surface area contributed by atoms with Crippen molar-refractivity contribution in [2.24, 2.45) is 0 Å². The molecular formula is C22H23O5P. The molecule has 5 nitrogen and oxygen atoms in total. The summed E-state index contributed by atoms with van der Waals surface area (Å²) < 4.78 is 25.1. The van der Waals surface area contributed by atoms with Gasteiger partial charge in [0, 0.05) is 15.9 Å². The van der Waals surface area contributed by atoms with Crippen LogP contribution in [0.1, 0.15) is 0 Å². The van der Waals surface area contributed by atoms with Crippen LogP contribution in [0.5, 0.6) is 11.5 Å². The van der Waals surface area contributed by atoms with E-state index in [0.29, 0.717) is 22.1 Å². The maximum Gasteiger partial charge on any atom is 0.171 e. The first kappa shape index (κ1) is 20.2. The predicted molar refractivity (Wildman–Crippen MR) is 111 cm³/mol. The maximum absolute atomic E-state index is 14.3. The summed E-state index contributed by atoms with van der Waals surface area (Å²) >= 11 is 0. The maximum atomic E-state index is 14.3. The van der Waals surface area contributed by atoms with Crippen LogP contribution in [-0.4, -0.2) is 36.6 Å². The van der Waals surface area contributed by atoms with Crippen molar-refractivity contribution in [3.63, 3.8) is 0 Å². The zero-order chi connectivity index (χ0) is 19.8. The fourth-order valence-corrected chi connectivity index (χ4v) is 5.54. The molecule has 3 aromatic carbocycles. The molecule has 0 aliphatic heterocycles. The lowest BCUT2D eigenvalue weighted by molar-refractivity contribution is 0.201. The molecule has 6 heteroatoms. The first-order chi connectivity index (χ1) is 13.7. The van der Waals surface area contributed by atoms with Crippen molar-refractivity contribution in [3.05, 3.63) is 78.9 Å². The Morgan fingerprint density at radius 1 is 0.607 bits per heavy atom. The summed E-state index contributed by atoms with van der Waals surface area (Å²) in [6, 6.07) is 23.6. The topological polar surface area (TPSA) is 76.0 Å². The van der Waals surface area contributed by atoms with Crippen LogP contribution in [0.4, 0.5) is 0 Å². The molecule has 0 bridgehead atoms. The molecule has 2 N–H and O–H groups in total. The van der Waals surface area contributed by atoms with Gasteiger partial charge in [0.15, 0.2) is 7.14 Å². The van der Waals surface area contributed by atoms with Gasteiger partial charge in [-0.1, -0.05) is 30.3 Å². The Balaban J connectivity index is 2.00. The summed E-state index contributed by atoms with van der Waals surface area (Å²) in [6.07, 6.45) is 0. The highest BCUT2D eigenvalue weighted by atomic mass is 31.2. The van der Waals surface area contributed by atoms with Crippen molar-refractivity contribution in [1.29, 1.82) is 0 Å². The Bertz CT molecular complexity index is 852. The third-order valence-electron chi connectivity index (χ3n) is 4.24. The van der Waals surface area contributed by atoms with Crippen molar-refractivity contribution < 1.29 is 24.3 Å². The molecule has 0 saturated carbocycles. The molecule has 0 aliphatic rings. The molecule has 0 heterocycles. The number of aliphatic hydroxyl groups excluding tert-OH is 2. The highest BCUT2D eigenvalue weighted by Gasteiger charge is 2.29. The minimum Gasteiger partial charge on any atom is -0.491 e. The van der Waals surface area contributed by atoms with Crippen LogP contribution in [0.25, 0.3) is 0 Å². The van der Waals surface area contributed by atoms with Crippen molar-refractivity contribution >= 4 is 23.1 Å². The van der Waals surface area contributed by atoms with Gasteiger partial charge in [0.2, 0.25) is 0 Å². The van der Waals surface area contributed by atoms with Gasteiger partial charge in [-0.15, -0.1) is 0 Å². The molecule has 0 fully saturated rings. The Labute approximate surface area is 164 Å². The van der Waals surface area contributed by atoms with Crippen LogP contribution in [0.15, 0.2) is 78.9 Å². The van der Waals surface area contributed by atoms with Gasteiger partial charge in [-0.2, -0.15) is 0 Å². The van der Waals surface area contributed by atoms with Gasteiger partial charge >= 0.3 is 0 Å². The zero-order valence-electron chi connectivity index (χ0n) is 15.4. The van der Waals surface area contributed by atoms with Gasteiger partial charge in [-0.25, -0.2) is 0 Å². The highest BCUT2D eigenvalue weighted by Crippen LogP contribution is 2.42. The van der Waals surface area contributed by atoms with Crippen LogP contribution in [0.2, 0.25) is 0 Å². The Kier molecular flexibility index (Phi) is 6.88. The summed E-state index contributed by atoms with van der Waals surface area (Å²) in [5.74, 6) is 1.23. The number of aliphatic hydroxyl groups is 2. The van der Waals surface area contributed by atoms with E-state index in [4.69, 9.17) is 19.7 Å². The van der Waals surface area contributed by atoms with Crippen LogP contribution in [0, 0.1) is 0 Å². The van der Waals surface area contributed by atoms with E-state index in [1.54, 1.807) is 48.5 Å². The van der Waals surface area contributed by atoms with Crippen LogP contribution < -0.4 is 25.4 Å². The summed E-state index contributed by atoms with van der Waals surface area (Å²) in [4.78, 5) is 0. The fourth-order valence-electron chi connectivity index (χ4n) is 2.92. The normalized spacial score (nSPS) is 11.2. The molecule has 0 aliphatic carbocycles. The van der Waals surface area contributed by atoms with Gasteiger partial charge in [0.25, 0.3) is 0 Å². The molecule has 0 saturated heterocycles. The van der Waals surface area contributed by atoms with E-state index in [-0.39, 0.29) is 26.4 Å².